The molecule has 0 atom stereocenters. The molecule has 0 aliphatic carbocycles. The molecule has 0 saturated carbocycles. The smallest absolute Gasteiger partial charge is 0.229 e. The van der Waals surface area contributed by atoms with Crippen molar-refractivity contribution in [3.05, 3.63) is 70.1 Å². The molecule has 3 aromatic rings. The fourth-order valence-corrected chi connectivity index (χ4v) is 2.58. The van der Waals surface area contributed by atoms with Gasteiger partial charge in [-0.15, -0.1) is 0 Å². The van der Waals surface area contributed by atoms with Gasteiger partial charge in [-0.25, -0.2) is 9.37 Å². The highest BCUT2D eigenvalue weighted by molar-refractivity contribution is 9.10. The maximum absolute atomic E-state index is 13.3. The summed E-state index contributed by atoms with van der Waals surface area (Å²) >= 11 is 3.52. The molecule has 0 fully saturated rings. The van der Waals surface area contributed by atoms with Gasteiger partial charge in [-0.1, -0.05) is 28.1 Å². The molecule has 3 rings (SSSR count). The van der Waals surface area contributed by atoms with Crippen molar-refractivity contribution >= 4 is 39.1 Å². The van der Waals surface area contributed by atoms with Crippen LogP contribution in [-0.4, -0.2) is 9.97 Å². The number of benzene rings is 2. The zero-order valence-corrected chi connectivity index (χ0v) is 14.9. The molecule has 6 heteroatoms. The Kier molecular flexibility index (Phi) is 4.76. The van der Waals surface area contributed by atoms with Gasteiger partial charge >= 0.3 is 0 Å². The Morgan fingerprint density at radius 2 is 1.71 bits per heavy atom. The predicted molar refractivity (Wildman–Crippen MR) is 98.6 cm³/mol. The topological polar surface area (TPSA) is 49.8 Å². The van der Waals surface area contributed by atoms with E-state index in [-0.39, 0.29) is 5.82 Å². The van der Waals surface area contributed by atoms with E-state index in [1.165, 1.54) is 12.1 Å². The number of nitrogens with zero attached hydrogens (tertiary/aromatic N) is 2. The lowest BCUT2D eigenvalue weighted by molar-refractivity contribution is 0.628. The summed E-state index contributed by atoms with van der Waals surface area (Å²) in [6, 6.07) is 14.0. The number of aromatic nitrogens is 2. The molecule has 0 saturated heterocycles. The van der Waals surface area contributed by atoms with E-state index in [2.05, 4.69) is 36.5 Å². The molecular formula is C18H16BrFN4. The third-order valence-electron chi connectivity index (χ3n) is 3.38. The number of rotatable bonds is 4. The summed E-state index contributed by atoms with van der Waals surface area (Å²) in [7, 11) is 0. The van der Waals surface area contributed by atoms with Gasteiger partial charge in [0.05, 0.1) is 0 Å². The van der Waals surface area contributed by atoms with Gasteiger partial charge in [0, 0.05) is 27.6 Å². The van der Waals surface area contributed by atoms with Crippen LogP contribution < -0.4 is 10.6 Å². The van der Waals surface area contributed by atoms with Crippen molar-refractivity contribution in [3.8, 4) is 0 Å². The zero-order chi connectivity index (χ0) is 17.1. The van der Waals surface area contributed by atoms with Gasteiger partial charge in [-0.2, -0.15) is 4.98 Å². The number of nitrogens with one attached hydrogen (secondary N) is 2. The molecule has 0 unspecified atom stereocenters. The minimum absolute atomic E-state index is 0.310. The second-order valence-corrected chi connectivity index (χ2v) is 6.30. The van der Waals surface area contributed by atoms with E-state index in [1.54, 1.807) is 12.1 Å². The first-order chi connectivity index (χ1) is 11.5. The number of aryl methyl sites for hydroxylation is 2. The standard InChI is InChI=1S/C18H16BrFN4/c1-11-6-7-15(10-16(11)19)22-17-8-12(2)21-18(24-17)23-14-5-3-4-13(20)9-14/h3-10H,1-2H3,(H2,21,22,23,24). The van der Waals surface area contributed by atoms with Crippen molar-refractivity contribution in [2.75, 3.05) is 10.6 Å². The van der Waals surface area contributed by atoms with Crippen LogP contribution in [0, 0.1) is 19.7 Å². The van der Waals surface area contributed by atoms with Crippen LogP contribution in [0.3, 0.4) is 0 Å². The van der Waals surface area contributed by atoms with E-state index in [0.29, 0.717) is 17.5 Å². The molecule has 0 radical (unpaired) electrons. The first-order valence-corrected chi connectivity index (χ1v) is 8.20. The second-order valence-electron chi connectivity index (χ2n) is 5.44. The Labute approximate surface area is 148 Å². The maximum atomic E-state index is 13.3. The second kappa shape index (κ2) is 6.97. The van der Waals surface area contributed by atoms with Gasteiger partial charge in [0.25, 0.3) is 0 Å². The van der Waals surface area contributed by atoms with E-state index in [0.717, 1.165) is 21.4 Å². The van der Waals surface area contributed by atoms with Gasteiger partial charge in [-0.05, 0) is 49.7 Å². The van der Waals surface area contributed by atoms with Crippen LogP contribution >= 0.6 is 15.9 Å². The Bertz CT molecular complexity index is 883. The summed E-state index contributed by atoms with van der Waals surface area (Å²) < 4.78 is 14.3. The highest BCUT2D eigenvalue weighted by atomic mass is 79.9. The number of hydrogen-bond donors (Lipinski definition) is 2. The minimum atomic E-state index is -0.310. The van der Waals surface area contributed by atoms with Crippen molar-refractivity contribution in [2.24, 2.45) is 0 Å². The Hall–Kier alpha value is -2.47. The van der Waals surface area contributed by atoms with E-state index in [9.17, 15) is 4.39 Å². The SMILES string of the molecule is Cc1cc(Nc2ccc(C)c(Br)c2)nc(Nc2cccc(F)c2)n1. The summed E-state index contributed by atoms with van der Waals surface area (Å²) in [4.78, 5) is 8.77. The Balaban J connectivity index is 1.84. The Morgan fingerprint density at radius 3 is 2.46 bits per heavy atom. The summed E-state index contributed by atoms with van der Waals surface area (Å²) in [5.41, 5.74) is 3.48. The van der Waals surface area contributed by atoms with Crippen LogP contribution in [0.25, 0.3) is 0 Å². The van der Waals surface area contributed by atoms with Gasteiger partial charge < -0.3 is 10.6 Å². The van der Waals surface area contributed by atoms with Crippen molar-refractivity contribution in [3.63, 3.8) is 0 Å². The maximum Gasteiger partial charge on any atom is 0.229 e. The highest BCUT2D eigenvalue weighted by Gasteiger charge is 2.05. The third-order valence-corrected chi connectivity index (χ3v) is 4.23. The summed E-state index contributed by atoms with van der Waals surface area (Å²) in [6.07, 6.45) is 0. The van der Waals surface area contributed by atoms with Crippen LogP contribution in [-0.2, 0) is 0 Å². The molecule has 1 heterocycles. The van der Waals surface area contributed by atoms with Crippen molar-refractivity contribution in [2.45, 2.75) is 13.8 Å². The van der Waals surface area contributed by atoms with Gasteiger partial charge in [-0.3, -0.25) is 0 Å². The van der Waals surface area contributed by atoms with Crippen LogP contribution in [0.1, 0.15) is 11.3 Å². The fraction of sp³-hybridized carbons (Fsp3) is 0.111. The molecule has 0 aliphatic rings. The van der Waals surface area contributed by atoms with E-state index >= 15 is 0 Å². The van der Waals surface area contributed by atoms with Crippen molar-refractivity contribution in [1.29, 1.82) is 0 Å². The van der Waals surface area contributed by atoms with Crippen molar-refractivity contribution in [1.82, 2.24) is 9.97 Å². The summed E-state index contributed by atoms with van der Waals surface area (Å²) in [5.74, 6) is 0.766. The summed E-state index contributed by atoms with van der Waals surface area (Å²) in [5, 5.41) is 6.28. The molecule has 4 nitrogen and oxygen atoms in total. The van der Waals surface area contributed by atoms with E-state index in [4.69, 9.17) is 0 Å². The first kappa shape index (κ1) is 16.4. The predicted octanol–water partition coefficient (Wildman–Crippen LogP) is 5.48. The van der Waals surface area contributed by atoms with Crippen LogP contribution in [0.15, 0.2) is 53.0 Å². The average molecular weight is 387 g/mol. The average Bonchev–Trinajstić information content (AvgIpc) is 2.50. The first-order valence-electron chi connectivity index (χ1n) is 7.41. The molecule has 0 amide bonds. The fourth-order valence-electron chi connectivity index (χ4n) is 2.20. The summed E-state index contributed by atoms with van der Waals surface area (Å²) in [6.45, 7) is 3.92. The molecule has 2 aromatic carbocycles. The molecule has 24 heavy (non-hydrogen) atoms. The molecule has 2 N–H and O–H groups in total. The molecule has 0 aliphatic heterocycles. The molecule has 122 valence electrons. The van der Waals surface area contributed by atoms with Crippen LogP contribution in [0.2, 0.25) is 0 Å². The van der Waals surface area contributed by atoms with Gasteiger partial charge in [0.1, 0.15) is 11.6 Å². The van der Waals surface area contributed by atoms with E-state index in [1.807, 2.05) is 38.1 Å². The number of halogens is 2. The third kappa shape index (κ3) is 4.08. The Morgan fingerprint density at radius 1 is 0.917 bits per heavy atom. The molecule has 0 bridgehead atoms. The molecule has 1 aromatic heterocycles. The zero-order valence-electron chi connectivity index (χ0n) is 13.3. The normalized spacial score (nSPS) is 10.5. The molecule has 0 spiro atoms. The van der Waals surface area contributed by atoms with Crippen molar-refractivity contribution < 1.29 is 4.39 Å². The van der Waals surface area contributed by atoms with Crippen LogP contribution in [0.4, 0.5) is 27.5 Å². The van der Waals surface area contributed by atoms with Gasteiger partial charge in [0.2, 0.25) is 5.95 Å². The monoisotopic (exact) mass is 386 g/mol. The lowest BCUT2D eigenvalue weighted by Crippen LogP contribution is -2.02. The minimum Gasteiger partial charge on any atom is -0.340 e. The number of anilines is 4. The highest BCUT2D eigenvalue weighted by Crippen LogP contribution is 2.24. The quantitative estimate of drug-likeness (QED) is 0.622. The number of hydrogen-bond acceptors (Lipinski definition) is 4. The van der Waals surface area contributed by atoms with Crippen LogP contribution in [0.5, 0.6) is 0 Å². The largest absolute Gasteiger partial charge is 0.340 e. The lowest BCUT2D eigenvalue weighted by Gasteiger charge is -2.11. The van der Waals surface area contributed by atoms with Gasteiger partial charge in [0.15, 0.2) is 0 Å². The molecular weight excluding hydrogens is 371 g/mol. The lowest BCUT2D eigenvalue weighted by atomic mass is 10.2. The van der Waals surface area contributed by atoms with E-state index < -0.39 is 0 Å².